The Bertz CT molecular complexity index is 853. The van der Waals surface area contributed by atoms with Crippen LogP contribution in [0.15, 0.2) is 76.4 Å². The van der Waals surface area contributed by atoms with Gasteiger partial charge in [0.15, 0.2) is 0 Å². The normalized spacial score (nSPS) is 16.7. The number of nitrogens with zero attached hydrogens (tertiary/aromatic N) is 2. The van der Waals surface area contributed by atoms with Crippen molar-refractivity contribution < 1.29 is 4.79 Å². The summed E-state index contributed by atoms with van der Waals surface area (Å²) in [6.45, 7) is 1.78. The van der Waals surface area contributed by atoms with Crippen LogP contribution in [0.25, 0.3) is 6.08 Å². The Morgan fingerprint density at radius 1 is 1.08 bits per heavy atom. The van der Waals surface area contributed by atoms with Gasteiger partial charge in [0.25, 0.3) is 5.91 Å². The Labute approximate surface area is 150 Å². The van der Waals surface area contributed by atoms with E-state index in [1.165, 1.54) is 5.01 Å². The molecule has 0 N–H and O–H groups in total. The van der Waals surface area contributed by atoms with E-state index < -0.39 is 0 Å². The largest absolute Gasteiger partial charge is 0.280 e. The van der Waals surface area contributed by atoms with Crippen LogP contribution in [0, 0.1) is 0 Å². The molecule has 0 spiro atoms. The number of halogens is 2. The average Bonchev–Trinajstić information content (AvgIpc) is 2.85. The quantitative estimate of drug-likeness (QED) is 0.689. The van der Waals surface area contributed by atoms with E-state index in [0.29, 0.717) is 27.0 Å². The van der Waals surface area contributed by atoms with Gasteiger partial charge in [-0.3, -0.25) is 4.79 Å². The van der Waals surface area contributed by atoms with Gasteiger partial charge in [0.2, 0.25) is 0 Å². The number of hydrazone groups is 1. The van der Waals surface area contributed by atoms with Crippen molar-refractivity contribution in [3.8, 4) is 0 Å². The minimum atomic E-state index is -0.213. The van der Waals surface area contributed by atoms with Gasteiger partial charge in [0.05, 0.1) is 17.0 Å². The fraction of sp³-hybridized carbons (Fsp3) is 0.0526. The number of hydrogen-bond acceptors (Lipinski definition) is 2. The Kier molecular flexibility index (Phi) is 4.84. The molecule has 0 atom stereocenters. The van der Waals surface area contributed by atoms with Crippen LogP contribution >= 0.6 is 23.2 Å². The Morgan fingerprint density at radius 2 is 1.75 bits per heavy atom. The highest BCUT2D eigenvalue weighted by Gasteiger charge is 2.28. The molecule has 120 valence electrons. The summed E-state index contributed by atoms with van der Waals surface area (Å²) in [7, 11) is 0. The minimum absolute atomic E-state index is 0.213. The zero-order valence-corrected chi connectivity index (χ0v) is 14.4. The van der Waals surface area contributed by atoms with Crippen LogP contribution in [0.1, 0.15) is 12.5 Å². The summed E-state index contributed by atoms with van der Waals surface area (Å²) in [6.07, 6.45) is 3.45. The number of anilines is 1. The van der Waals surface area contributed by atoms with Gasteiger partial charge in [0, 0.05) is 10.1 Å². The first-order chi connectivity index (χ1) is 11.5. The van der Waals surface area contributed by atoms with Crippen molar-refractivity contribution in [1.82, 2.24) is 0 Å². The second kappa shape index (κ2) is 7.04. The summed E-state index contributed by atoms with van der Waals surface area (Å²) in [5.74, 6) is -0.213. The third-order valence-corrected chi connectivity index (χ3v) is 3.99. The van der Waals surface area contributed by atoms with Crippen molar-refractivity contribution in [3.63, 3.8) is 0 Å². The first-order valence-electron chi connectivity index (χ1n) is 7.34. The molecule has 1 amide bonds. The van der Waals surface area contributed by atoms with Gasteiger partial charge in [-0.2, -0.15) is 10.1 Å². The number of carbonyl (C=O) groups excluding carboxylic acids is 1. The summed E-state index contributed by atoms with van der Waals surface area (Å²) in [5, 5.41) is 6.74. The molecule has 24 heavy (non-hydrogen) atoms. The number of allylic oxidation sites excluding steroid dienone is 2. The van der Waals surface area contributed by atoms with Crippen LogP contribution in [0.5, 0.6) is 0 Å². The van der Waals surface area contributed by atoms with E-state index in [0.717, 1.165) is 5.56 Å². The Balaban J connectivity index is 1.87. The van der Waals surface area contributed by atoms with Crippen LogP contribution in [0.2, 0.25) is 5.02 Å². The van der Waals surface area contributed by atoms with Crippen molar-refractivity contribution >= 4 is 46.6 Å². The maximum absolute atomic E-state index is 12.6. The fourth-order valence-corrected chi connectivity index (χ4v) is 2.69. The van der Waals surface area contributed by atoms with Crippen LogP contribution in [0.3, 0.4) is 0 Å². The fourth-order valence-electron chi connectivity index (χ4n) is 2.33. The smallest absolute Gasteiger partial charge is 0.267 e. The van der Waals surface area contributed by atoms with Crippen LogP contribution < -0.4 is 5.01 Å². The zero-order chi connectivity index (χ0) is 17.1. The van der Waals surface area contributed by atoms with E-state index in [1.807, 2.05) is 30.3 Å². The van der Waals surface area contributed by atoms with Gasteiger partial charge >= 0.3 is 0 Å². The summed E-state index contributed by atoms with van der Waals surface area (Å²) >= 11 is 12.2. The molecule has 0 unspecified atom stereocenters. The molecule has 0 saturated carbocycles. The minimum Gasteiger partial charge on any atom is -0.267 e. The summed E-state index contributed by atoms with van der Waals surface area (Å²) in [4.78, 5) is 12.6. The van der Waals surface area contributed by atoms with Gasteiger partial charge in [0.1, 0.15) is 0 Å². The molecule has 0 bridgehead atoms. The van der Waals surface area contributed by atoms with Crippen molar-refractivity contribution in [2.24, 2.45) is 5.10 Å². The second-order valence-corrected chi connectivity index (χ2v) is 6.15. The number of benzene rings is 2. The number of carbonyl (C=O) groups is 1. The maximum atomic E-state index is 12.6. The van der Waals surface area contributed by atoms with E-state index >= 15 is 0 Å². The highest BCUT2D eigenvalue weighted by molar-refractivity contribution is 6.36. The number of amides is 1. The lowest BCUT2D eigenvalue weighted by molar-refractivity contribution is -0.114. The molecule has 0 fully saturated rings. The van der Waals surface area contributed by atoms with Crippen LogP contribution in [-0.4, -0.2) is 11.6 Å². The second-order valence-electron chi connectivity index (χ2n) is 5.28. The zero-order valence-electron chi connectivity index (χ0n) is 12.9. The molecule has 2 aromatic rings. The van der Waals surface area contributed by atoms with Crippen LogP contribution in [0.4, 0.5) is 5.69 Å². The lowest BCUT2D eigenvalue weighted by atomic mass is 10.1. The molecule has 0 radical (unpaired) electrons. The SMILES string of the molecule is CC1=NN(c2ccc(Cl)cc2)C(=O)C1=CC(Cl)=Cc1ccccc1. The first kappa shape index (κ1) is 16.5. The topological polar surface area (TPSA) is 32.7 Å². The molecule has 3 nitrogen and oxygen atoms in total. The summed E-state index contributed by atoms with van der Waals surface area (Å²) < 4.78 is 0. The van der Waals surface area contributed by atoms with Crippen molar-refractivity contribution in [3.05, 3.63) is 81.9 Å². The summed E-state index contributed by atoms with van der Waals surface area (Å²) in [5.41, 5.74) is 2.72. The highest BCUT2D eigenvalue weighted by atomic mass is 35.5. The molecule has 5 heteroatoms. The molecule has 1 aliphatic heterocycles. The van der Waals surface area contributed by atoms with E-state index in [4.69, 9.17) is 23.2 Å². The number of rotatable bonds is 3. The first-order valence-corrected chi connectivity index (χ1v) is 8.10. The van der Waals surface area contributed by atoms with Gasteiger partial charge < -0.3 is 0 Å². The molecule has 2 aromatic carbocycles. The van der Waals surface area contributed by atoms with Crippen molar-refractivity contribution in [1.29, 1.82) is 0 Å². The monoisotopic (exact) mass is 356 g/mol. The molecule has 0 aromatic heterocycles. The lowest BCUT2D eigenvalue weighted by Gasteiger charge is -2.11. The van der Waals surface area contributed by atoms with E-state index in [9.17, 15) is 4.79 Å². The number of hydrogen-bond donors (Lipinski definition) is 0. The van der Waals surface area contributed by atoms with E-state index in [1.54, 1.807) is 43.3 Å². The molecule has 0 aliphatic carbocycles. The van der Waals surface area contributed by atoms with Crippen molar-refractivity contribution in [2.75, 3.05) is 5.01 Å². The van der Waals surface area contributed by atoms with Gasteiger partial charge in [-0.1, -0.05) is 53.5 Å². The predicted molar refractivity (Wildman–Crippen MR) is 100 cm³/mol. The molecule has 3 rings (SSSR count). The average molecular weight is 357 g/mol. The molecule has 1 heterocycles. The Hall–Kier alpha value is -2.36. The van der Waals surface area contributed by atoms with Crippen molar-refractivity contribution in [2.45, 2.75) is 6.92 Å². The highest BCUT2D eigenvalue weighted by Crippen LogP contribution is 2.26. The van der Waals surface area contributed by atoms with E-state index in [-0.39, 0.29) is 5.91 Å². The van der Waals surface area contributed by atoms with Crippen LogP contribution in [-0.2, 0) is 4.79 Å². The van der Waals surface area contributed by atoms with Gasteiger partial charge in [-0.25, -0.2) is 0 Å². The Morgan fingerprint density at radius 3 is 2.42 bits per heavy atom. The molecule has 0 saturated heterocycles. The summed E-state index contributed by atoms with van der Waals surface area (Å²) in [6, 6.07) is 16.6. The predicted octanol–water partition coefficient (Wildman–Crippen LogP) is 5.27. The third-order valence-electron chi connectivity index (χ3n) is 3.52. The lowest BCUT2D eigenvalue weighted by Crippen LogP contribution is -2.21. The van der Waals surface area contributed by atoms with Gasteiger partial charge in [-0.15, -0.1) is 0 Å². The molecular weight excluding hydrogens is 343 g/mol. The molecular formula is C19H14Cl2N2O. The van der Waals surface area contributed by atoms with E-state index in [2.05, 4.69) is 5.10 Å². The maximum Gasteiger partial charge on any atom is 0.280 e. The third kappa shape index (κ3) is 3.58. The van der Waals surface area contributed by atoms with Gasteiger partial charge in [-0.05, 0) is 48.9 Å². The molecule has 1 aliphatic rings. The standard InChI is InChI=1S/C19H14Cl2N2O/c1-13-18(12-16(21)11-14-5-3-2-4-6-14)19(24)23(22-13)17-9-7-15(20)8-10-17/h2-12H,1H3.